The molecule has 0 spiro atoms. The second-order valence-electron chi connectivity index (χ2n) is 8.20. The first kappa shape index (κ1) is 21.2. The van der Waals surface area contributed by atoms with E-state index >= 15 is 0 Å². The molecule has 0 radical (unpaired) electrons. The van der Waals surface area contributed by atoms with Crippen LogP contribution in [0.15, 0.2) is 12.1 Å². The van der Waals surface area contributed by atoms with Gasteiger partial charge in [-0.2, -0.15) is 0 Å². The lowest BCUT2D eigenvalue weighted by molar-refractivity contribution is -0.151. The Bertz CT molecular complexity index is 778. The van der Waals surface area contributed by atoms with Crippen molar-refractivity contribution in [1.29, 1.82) is 0 Å². The highest BCUT2D eigenvalue weighted by Gasteiger charge is 2.37. The molecule has 0 unspecified atom stereocenters. The van der Waals surface area contributed by atoms with Crippen molar-refractivity contribution < 1.29 is 19.1 Å². The molecule has 2 amide bonds. The molecule has 0 saturated carbocycles. The molecular weight excluding hydrogens is 403 g/mol. The number of nitrogens with zero attached hydrogens (tertiary/aromatic N) is 2. The van der Waals surface area contributed by atoms with Gasteiger partial charge in [-0.1, -0.05) is 23.2 Å². The van der Waals surface area contributed by atoms with Gasteiger partial charge < -0.3 is 19.3 Å². The third-order valence-corrected chi connectivity index (χ3v) is 5.49. The molecule has 1 fully saturated rings. The molecule has 3 rings (SSSR count). The van der Waals surface area contributed by atoms with E-state index in [0.29, 0.717) is 36.2 Å². The average molecular weight is 429 g/mol. The number of benzene rings is 1. The Kier molecular flexibility index (Phi) is 6.13. The molecule has 0 aliphatic carbocycles. The minimum Gasteiger partial charge on any atom is -0.444 e. The van der Waals surface area contributed by atoms with Crippen LogP contribution in [0.1, 0.15) is 44.9 Å². The molecule has 2 heterocycles. The Morgan fingerprint density at radius 3 is 2.61 bits per heavy atom. The minimum absolute atomic E-state index is 0.141. The van der Waals surface area contributed by atoms with Gasteiger partial charge in [0.15, 0.2) is 6.10 Å². The molecule has 1 aromatic carbocycles. The zero-order valence-electron chi connectivity index (χ0n) is 16.6. The molecule has 1 saturated heterocycles. The summed E-state index contributed by atoms with van der Waals surface area (Å²) >= 11 is 12.5. The van der Waals surface area contributed by atoms with Gasteiger partial charge in [-0.05, 0) is 57.4 Å². The van der Waals surface area contributed by atoms with Crippen molar-refractivity contribution in [3.8, 4) is 0 Å². The van der Waals surface area contributed by atoms with Gasteiger partial charge >= 0.3 is 6.09 Å². The number of carbonyl (C=O) groups is 2. The number of amides is 2. The fraction of sp³-hybridized carbons (Fsp3) is 0.600. The predicted molar refractivity (Wildman–Crippen MR) is 108 cm³/mol. The molecule has 1 aromatic rings. The summed E-state index contributed by atoms with van der Waals surface area (Å²) in [5, 5.41) is 1.16. The molecule has 6 nitrogen and oxygen atoms in total. The van der Waals surface area contributed by atoms with Gasteiger partial charge in [0.25, 0.3) is 5.91 Å². The van der Waals surface area contributed by atoms with Crippen LogP contribution in [-0.4, -0.2) is 59.7 Å². The number of halogens is 2. The number of hydrogen-bond acceptors (Lipinski definition) is 4. The fourth-order valence-electron chi connectivity index (χ4n) is 3.68. The molecule has 0 N–H and O–H groups in total. The summed E-state index contributed by atoms with van der Waals surface area (Å²) in [4.78, 5) is 28.8. The summed E-state index contributed by atoms with van der Waals surface area (Å²) in [6.07, 6.45) is -0.464. The summed E-state index contributed by atoms with van der Waals surface area (Å²) in [6, 6.07) is 3.41. The van der Waals surface area contributed by atoms with E-state index in [9.17, 15) is 9.59 Å². The Morgan fingerprint density at radius 2 is 1.93 bits per heavy atom. The normalized spacial score (nSPS) is 22.6. The maximum Gasteiger partial charge on any atom is 0.410 e. The van der Waals surface area contributed by atoms with Crippen LogP contribution in [0.2, 0.25) is 10.0 Å². The highest BCUT2D eigenvalue weighted by Crippen LogP contribution is 2.37. The van der Waals surface area contributed by atoms with Crippen LogP contribution < -0.4 is 0 Å². The molecule has 0 bridgehead atoms. The van der Waals surface area contributed by atoms with Crippen LogP contribution in [-0.2, 0) is 20.7 Å². The predicted octanol–water partition coefficient (Wildman–Crippen LogP) is 4.08. The van der Waals surface area contributed by atoms with Crippen LogP contribution in [0.4, 0.5) is 4.79 Å². The first-order valence-electron chi connectivity index (χ1n) is 9.44. The third-order valence-electron chi connectivity index (χ3n) is 4.96. The van der Waals surface area contributed by atoms with Gasteiger partial charge in [0, 0.05) is 23.1 Å². The zero-order chi connectivity index (χ0) is 20.6. The quantitative estimate of drug-likeness (QED) is 0.675. The summed E-state index contributed by atoms with van der Waals surface area (Å²) in [5.74, 6) is -0.141. The number of hydrogen-bond donors (Lipinski definition) is 0. The number of morpholine rings is 1. The van der Waals surface area contributed by atoms with Crippen molar-refractivity contribution in [2.24, 2.45) is 0 Å². The molecule has 2 aliphatic heterocycles. The topological polar surface area (TPSA) is 59.1 Å². The Labute approximate surface area is 175 Å². The highest BCUT2D eigenvalue weighted by molar-refractivity contribution is 6.35. The summed E-state index contributed by atoms with van der Waals surface area (Å²) in [5.41, 5.74) is 1.40. The smallest absolute Gasteiger partial charge is 0.410 e. The largest absolute Gasteiger partial charge is 0.444 e. The minimum atomic E-state index is -0.712. The van der Waals surface area contributed by atoms with E-state index in [1.807, 2.05) is 33.8 Å². The molecule has 154 valence electrons. The Hall–Kier alpha value is -1.50. The molecule has 8 heteroatoms. The monoisotopic (exact) mass is 428 g/mol. The lowest BCUT2D eigenvalue weighted by Gasteiger charge is -2.40. The maximum absolute atomic E-state index is 13.2. The standard InChI is InChI=1S/C20H26Cl2N2O4/c1-12-17-13(9-14(21)10-15(17)22)5-6-24(12)18(25)16-11-23(7-8-27-16)19(26)28-20(2,3)4/h9-10,12,16H,5-8,11H2,1-4H3/t12-,16-/m1/s1. The molecule has 2 atom stereocenters. The van der Waals surface area contributed by atoms with Crippen LogP contribution >= 0.6 is 23.2 Å². The van der Waals surface area contributed by atoms with E-state index in [1.54, 1.807) is 11.0 Å². The van der Waals surface area contributed by atoms with Gasteiger partial charge in [-0.3, -0.25) is 4.79 Å². The fourth-order valence-corrected chi connectivity index (χ4v) is 4.37. The van der Waals surface area contributed by atoms with Crippen LogP contribution in [0.3, 0.4) is 0 Å². The van der Waals surface area contributed by atoms with E-state index in [1.165, 1.54) is 4.90 Å². The maximum atomic E-state index is 13.2. The number of ether oxygens (including phenoxy) is 2. The number of rotatable bonds is 1. The first-order valence-corrected chi connectivity index (χ1v) is 10.2. The van der Waals surface area contributed by atoms with Gasteiger partial charge in [-0.25, -0.2) is 4.79 Å². The van der Waals surface area contributed by atoms with Gasteiger partial charge in [0.1, 0.15) is 5.60 Å². The van der Waals surface area contributed by atoms with E-state index < -0.39 is 17.8 Å². The van der Waals surface area contributed by atoms with Crippen molar-refractivity contribution in [2.45, 2.75) is 51.9 Å². The third kappa shape index (κ3) is 4.56. The van der Waals surface area contributed by atoms with Gasteiger partial charge in [0.2, 0.25) is 0 Å². The molecular formula is C20H26Cl2N2O4. The highest BCUT2D eigenvalue weighted by atomic mass is 35.5. The van der Waals surface area contributed by atoms with Gasteiger partial charge in [0.05, 0.1) is 19.2 Å². The number of fused-ring (bicyclic) bond motifs is 1. The van der Waals surface area contributed by atoms with Crippen molar-refractivity contribution in [2.75, 3.05) is 26.2 Å². The second-order valence-corrected chi connectivity index (χ2v) is 9.05. The summed E-state index contributed by atoms with van der Waals surface area (Å²) in [7, 11) is 0. The zero-order valence-corrected chi connectivity index (χ0v) is 18.1. The van der Waals surface area contributed by atoms with E-state index in [2.05, 4.69) is 0 Å². The molecule has 2 aliphatic rings. The van der Waals surface area contributed by atoms with Crippen LogP contribution in [0.5, 0.6) is 0 Å². The van der Waals surface area contributed by atoms with E-state index in [4.69, 9.17) is 32.7 Å². The van der Waals surface area contributed by atoms with Crippen molar-refractivity contribution >= 4 is 35.2 Å². The Balaban J connectivity index is 1.72. The van der Waals surface area contributed by atoms with Crippen molar-refractivity contribution in [3.63, 3.8) is 0 Å². The summed E-state index contributed by atoms with van der Waals surface area (Å²) < 4.78 is 11.1. The number of carbonyl (C=O) groups excluding carboxylic acids is 2. The molecule has 28 heavy (non-hydrogen) atoms. The van der Waals surface area contributed by atoms with E-state index in [0.717, 1.165) is 11.1 Å². The van der Waals surface area contributed by atoms with E-state index in [-0.39, 0.29) is 18.5 Å². The Morgan fingerprint density at radius 1 is 1.21 bits per heavy atom. The molecule has 0 aromatic heterocycles. The SMILES string of the molecule is C[C@@H]1c2c(Cl)cc(Cl)cc2CCN1C(=O)[C@H]1CN(C(=O)OC(C)(C)C)CCO1. The summed E-state index contributed by atoms with van der Waals surface area (Å²) in [6.45, 7) is 8.83. The van der Waals surface area contributed by atoms with Crippen molar-refractivity contribution in [1.82, 2.24) is 9.80 Å². The van der Waals surface area contributed by atoms with Crippen LogP contribution in [0, 0.1) is 0 Å². The lowest BCUT2D eigenvalue weighted by Crippen LogP contribution is -2.54. The first-order chi connectivity index (χ1) is 13.1. The van der Waals surface area contributed by atoms with Crippen molar-refractivity contribution in [3.05, 3.63) is 33.3 Å². The average Bonchev–Trinajstić information content (AvgIpc) is 2.59. The second kappa shape index (κ2) is 8.09. The lowest BCUT2D eigenvalue weighted by atomic mass is 9.93. The van der Waals surface area contributed by atoms with Gasteiger partial charge in [-0.15, -0.1) is 0 Å². The van der Waals surface area contributed by atoms with Crippen LogP contribution in [0.25, 0.3) is 0 Å².